The molecule has 56 heavy (non-hydrogen) atoms. The van der Waals surface area contributed by atoms with Gasteiger partial charge < -0.3 is 29.7 Å². The van der Waals surface area contributed by atoms with Gasteiger partial charge in [0.15, 0.2) is 0 Å². The maximum absolute atomic E-state index is 15.8. The maximum Gasteiger partial charge on any atom is 0.425 e. The SMILES string of the molecule is COC(=O)N[C@H](C(=O)N1CCC[C@H]1c1ncc(-c2ccc(-c3ccc(-c4cnc(C5CCCC[C@@H]5C(=O)N(NC(=O)OC)C(C)C)[nH]4)c(F)c3)cc2)[nH]1)C(C)C. The smallest absolute Gasteiger partial charge is 0.425 e. The number of amides is 4. The molecule has 2 aromatic heterocycles. The number of carbonyl (C=O) groups excluding carboxylic acids is 4. The lowest BCUT2D eigenvalue weighted by molar-refractivity contribution is -0.142. The van der Waals surface area contributed by atoms with E-state index in [1.54, 1.807) is 23.4 Å². The number of aromatic amines is 2. The second kappa shape index (κ2) is 17.4. The van der Waals surface area contributed by atoms with Gasteiger partial charge in [-0.15, -0.1) is 0 Å². The number of hydrazine groups is 1. The van der Waals surface area contributed by atoms with E-state index in [4.69, 9.17) is 9.47 Å². The Bertz CT molecular complexity index is 2030. The molecule has 14 nitrogen and oxygen atoms in total. The highest BCUT2D eigenvalue weighted by molar-refractivity contribution is 5.86. The van der Waals surface area contributed by atoms with Crippen LogP contribution in [-0.4, -0.2) is 86.7 Å². The lowest BCUT2D eigenvalue weighted by atomic mass is 9.78. The highest BCUT2D eigenvalue weighted by Gasteiger charge is 2.39. The van der Waals surface area contributed by atoms with E-state index in [0.29, 0.717) is 41.4 Å². The van der Waals surface area contributed by atoms with Gasteiger partial charge in [0.25, 0.3) is 0 Å². The molecule has 6 rings (SSSR count). The van der Waals surface area contributed by atoms with Crippen LogP contribution >= 0.6 is 0 Å². The van der Waals surface area contributed by atoms with Crippen molar-refractivity contribution in [3.63, 3.8) is 0 Å². The first-order valence-electron chi connectivity index (χ1n) is 19.2. The van der Waals surface area contributed by atoms with E-state index in [2.05, 4.69) is 30.7 Å². The van der Waals surface area contributed by atoms with Crippen molar-refractivity contribution < 1.29 is 33.0 Å². The molecule has 4 atom stereocenters. The van der Waals surface area contributed by atoms with Gasteiger partial charge in [0, 0.05) is 30.0 Å². The van der Waals surface area contributed by atoms with Gasteiger partial charge in [0.2, 0.25) is 11.8 Å². The molecule has 1 saturated carbocycles. The van der Waals surface area contributed by atoms with Crippen LogP contribution in [0.15, 0.2) is 54.9 Å². The number of aromatic nitrogens is 4. The van der Waals surface area contributed by atoms with Gasteiger partial charge in [-0.2, -0.15) is 0 Å². The number of imidazole rings is 2. The summed E-state index contributed by atoms with van der Waals surface area (Å²) >= 11 is 0. The summed E-state index contributed by atoms with van der Waals surface area (Å²) in [5.41, 5.74) is 6.62. The monoisotopic (exact) mass is 770 g/mol. The van der Waals surface area contributed by atoms with E-state index in [-0.39, 0.29) is 35.7 Å². The average Bonchev–Trinajstić information content (AvgIpc) is 4.00. The Labute approximate surface area is 325 Å². The number of carbonyl (C=O) groups is 4. The number of rotatable bonds is 10. The second-order valence-electron chi connectivity index (χ2n) is 15.1. The predicted molar refractivity (Wildman–Crippen MR) is 207 cm³/mol. The average molecular weight is 771 g/mol. The van der Waals surface area contributed by atoms with Gasteiger partial charge >= 0.3 is 12.2 Å². The van der Waals surface area contributed by atoms with Gasteiger partial charge in [-0.25, -0.2) is 34.4 Å². The summed E-state index contributed by atoms with van der Waals surface area (Å²) < 4.78 is 25.2. The molecule has 0 spiro atoms. The number of hydrogen-bond acceptors (Lipinski definition) is 8. The Morgan fingerprint density at radius 1 is 0.821 bits per heavy atom. The van der Waals surface area contributed by atoms with E-state index in [9.17, 15) is 19.2 Å². The fraction of sp³-hybridized carbons (Fsp3) is 0.463. The van der Waals surface area contributed by atoms with E-state index < -0.39 is 30.0 Å². The normalized spacial score (nSPS) is 18.8. The Kier molecular flexibility index (Phi) is 12.4. The van der Waals surface area contributed by atoms with Crippen LogP contribution < -0.4 is 10.7 Å². The van der Waals surface area contributed by atoms with Crippen LogP contribution in [0.3, 0.4) is 0 Å². The van der Waals surface area contributed by atoms with Crippen LogP contribution in [0.25, 0.3) is 33.6 Å². The minimum atomic E-state index is -0.715. The van der Waals surface area contributed by atoms with Crippen molar-refractivity contribution in [2.75, 3.05) is 20.8 Å². The van der Waals surface area contributed by atoms with Crippen molar-refractivity contribution in [2.45, 2.75) is 90.3 Å². The fourth-order valence-electron chi connectivity index (χ4n) is 7.78. The fourth-order valence-corrected chi connectivity index (χ4v) is 7.78. The highest BCUT2D eigenvalue weighted by Crippen LogP contribution is 2.39. The molecular weight excluding hydrogens is 719 g/mol. The number of likely N-dealkylation sites (tertiary alicyclic amines) is 1. The molecule has 0 radical (unpaired) electrons. The highest BCUT2D eigenvalue weighted by atomic mass is 19.1. The number of nitrogens with zero attached hydrogens (tertiary/aromatic N) is 4. The quantitative estimate of drug-likeness (QED) is 0.124. The number of nitrogens with one attached hydrogen (secondary N) is 4. The lowest BCUT2D eigenvalue weighted by Crippen LogP contribution is -2.53. The number of hydrogen-bond donors (Lipinski definition) is 4. The summed E-state index contributed by atoms with van der Waals surface area (Å²) in [6, 6.07) is 11.6. The Balaban J connectivity index is 1.14. The van der Waals surface area contributed by atoms with Gasteiger partial charge in [0.05, 0.1) is 44.0 Å². The van der Waals surface area contributed by atoms with Crippen molar-refractivity contribution >= 4 is 24.0 Å². The lowest BCUT2D eigenvalue weighted by Gasteiger charge is -2.35. The molecule has 2 aromatic carbocycles. The van der Waals surface area contributed by atoms with Crippen LogP contribution in [0.4, 0.5) is 14.0 Å². The zero-order chi connectivity index (χ0) is 40.1. The largest absolute Gasteiger partial charge is 0.453 e. The molecule has 1 saturated heterocycles. The first-order valence-corrected chi connectivity index (χ1v) is 19.2. The summed E-state index contributed by atoms with van der Waals surface area (Å²) in [6.45, 7) is 7.97. The first kappa shape index (κ1) is 39.9. The third-order valence-corrected chi connectivity index (χ3v) is 10.8. The minimum Gasteiger partial charge on any atom is -0.453 e. The molecule has 0 bridgehead atoms. The van der Waals surface area contributed by atoms with Gasteiger partial charge in [0.1, 0.15) is 23.5 Å². The number of benzene rings is 2. The third-order valence-electron chi connectivity index (χ3n) is 10.8. The predicted octanol–water partition coefficient (Wildman–Crippen LogP) is 7.10. The maximum atomic E-state index is 15.8. The molecule has 2 fully saturated rings. The molecule has 2 aliphatic rings. The van der Waals surface area contributed by atoms with Crippen LogP contribution in [0, 0.1) is 17.7 Å². The molecule has 1 aliphatic carbocycles. The number of alkyl carbamates (subject to hydrolysis) is 1. The summed E-state index contributed by atoms with van der Waals surface area (Å²) in [6.07, 6.45) is 6.74. The number of halogens is 1. The summed E-state index contributed by atoms with van der Waals surface area (Å²) in [5.74, 6) is -0.261. The topological polar surface area (TPSA) is 175 Å². The molecule has 4 amide bonds. The number of ether oxygens (including phenoxy) is 2. The van der Waals surface area contributed by atoms with E-state index in [0.717, 1.165) is 48.9 Å². The zero-order valence-electron chi connectivity index (χ0n) is 32.7. The van der Waals surface area contributed by atoms with Crippen LogP contribution in [0.5, 0.6) is 0 Å². The van der Waals surface area contributed by atoms with Crippen molar-refractivity contribution in [3.05, 3.63) is 72.3 Å². The Morgan fingerprint density at radius 3 is 2.14 bits per heavy atom. The van der Waals surface area contributed by atoms with E-state index in [1.807, 2.05) is 58.0 Å². The second-order valence-corrected chi connectivity index (χ2v) is 15.1. The van der Waals surface area contributed by atoms with Crippen LogP contribution in [-0.2, 0) is 19.1 Å². The third kappa shape index (κ3) is 8.56. The van der Waals surface area contributed by atoms with Gasteiger partial charge in [-0.3, -0.25) is 9.59 Å². The molecule has 298 valence electrons. The number of H-pyrrole nitrogens is 2. The molecule has 3 heterocycles. The Hall–Kier alpha value is -5.73. The Morgan fingerprint density at radius 2 is 1.46 bits per heavy atom. The first-order chi connectivity index (χ1) is 26.9. The zero-order valence-corrected chi connectivity index (χ0v) is 32.7. The van der Waals surface area contributed by atoms with Gasteiger partial charge in [-0.1, -0.05) is 57.0 Å². The molecule has 15 heteroatoms. The molecule has 1 unspecified atom stereocenters. The van der Waals surface area contributed by atoms with Crippen molar-refractivity contribution in [2.24, 2.45) is 11.8 Å². The summed E-state index contributed by atoms with van der Waals surface area (Å²) in [5, 5.41) is 3.99. The number of methoxy groups -OCH3 is 2. The molecular formula is C41H51FN8O6. The van der Waals surface area contributed by atoms with Crippen molar-refractivity contribution in [3.8, 4) is 33.6 Å². The van der Waals surface area contributed by atoms with E-state index >= 15 is 4.39 Å². The van der Waals surface area contributed by atoms with Crippen LogP contribution in [0.1, 0.15) is 89.8 Å². The molecule has 1 aliphatic heterocycles. The summed E-state index contributed by atoms with van der Waals surface area (Å²) in [4.78, 5) is 68.8. The molecule has 4 N–H and O–H groups in total. The van der Waals surface area contributed by atoms with Crippen molar-refractivity contribution in [1.29, 1.82) is 0 Å². The summed E-state index contributed by atoms with van der Waals surface area (Å²) in [7, 11) is 2.53. The van der Waals surface area contributed by atoms with Crippen molar-refractivity contribution in [1.82, 2.24) is 40.6 Å². The van der Waals surface area contributed by atoms with Gasteiger partial charge in [-0.05, 0) is 74.3 Å². The minimum absolute atomic E-state index is 0.129. The molecule has 4 aromatic rings. The van der Waals surface area contributed by atoms with E-state index in [1.165, 1.54) is 25.3 Å². The standard InChI is InChI=1S/C41H51FN8O6/c1-23(2)35(47-40(53)55-5)39(52)49-19-9-12-34(49)37-44-21-32(45-37)26-15-13-25(14-16-26)27-17-18-30(31(42)20-27)33-22-43-36(46-33)28-10-7-8-11-29(28)38(51)50(24(3)4)48-41(54)56-6/h13-18,20-24,28-29,34-35H,7-12,19H2,1-6H3,(H,43,46)(H,44,45)(H,47,53)(H,48,54)/t28?,29-,34-,35-/m0/s1. The van der Waals surface area contributed by atoms with Crippen LogP contribution in [0.2, 0.25) is 0 Å².